The Hall–Kier alpha value is -4.43. The number of hydrogen-bond acceptors (Lipinski definition) is 6. The van der Waals surface area contributed by atoms with Crippen molar-refractivity contribution in [2.45, 2.75) is 45.8 Å². The van der Waals surface area contributed by atoms with Crippen molar-refractivity contribution in [1.29, 1.82) is 0 Å². The summed E-state index contributed by atoms with van der Waals surface area (Å²) in [6.07, 6.45) is 2.66. The zero-order chi connectivity index (χ0) is 28.0. The maximum Gasteiger partial charge on any atom is 0.273 e. The summed E-state index contributed by atoms with van der Waals surface area (Å²) in [4.78, 5) is 37.0. The molecular weight excluding hydrogens is 490 g/mol. The van der Waals surface area contributed by atoms with Gasteiger partial charge in [0.15, 0.2) is 0 Å². The van der Waals surface area contributed by atoms with Crippen molar-refractivity contribution in [2.24, 2.45) is 10.7 Å². The Bertz CT molecular complexity index is 1400. The zero-order valence-electron chi connectivity index (χ0n) is 22.6. The third-order valence-electron chi connectivity index (χ3n) is 6.47. The molecule has 8 nitrogen and oxygen atoms in total. The van der Waals surface area contributed by atoms with Gasteiger partial charge in [0.1, 0.15) is 12.4 Å². The zero-order valence-corrected chi connectivity index (χ0v) is 22.6. The summed E-state index contributed by atoms with van der Waals surface area (Å²) in [5, 5.41) is 4.46. The number of nitrogens with zero attached hydrogens (tertiary/aromatic N) is 2. The average molecular weight is 526 g/mol. The lowest BCUT2D eigenvalue weighted by molar-refractivity contribution is -0.187. The molecule has 1 aliphatic rings. The summed E-state index contributed by atoms with van der Waals surface area (Å²) in [5.41, 5.74) is 16.1. The third kappa shape index (κ3) is 6.91. The first-order valence-electron chi connectivity index (χ1n) is 13.0. The Balaban J connectivity index is 1.53. The first kappa shape index (κ1) is 27.6. The Morgan fingerprint density at radius 1 is 1.03 bits per heavy atom. The van der Waals surface area contributed by atoms with Gasteiger partial charge in [-0.3, -0.25) is 14.4 Å². The van der Waals surface area contributed by atoms with Crippen molar-refractivity contribution in [3.63, 3.8) is 0 Å². The smallest absolute Gasteiger partial charge is 0.273 e. The minimum atomic E-state index is -0.567. The molecule has 0 radical (unpaired) electrons. The number of hydrogen-bond donors (Lipinski definition) is 3. The Labute approximate surface area is 229 Å². The number of amides is 2. The summed E-state index contributed by atoms with van der Waals surface area (Å²) in [5.74, 6) is -0.217. The van der Waals surface area contributed by atoms with E-state index in [4.69, 9.17) is 16.3 Å². The molecule has 0 unspecified atom stereocenters. The molecule has 0 aromatic heterocycles. The molecule has 0 atom stereocenters. The molecule has 0 fully saturated rings. The number of nitrogens with one attached hydrogen (secondary N) is 1. The van der Waals surface area contributed by atoms with Crippen LogP contribution >= 0.6 is 0 Å². The fourth-order valence-corrected chi connectivity index (χ4v) is 4.31. The number of fused-ring (bicyclic) bond motifs is 1. The predicted molar refractivity (Wildman–Crippen MR) is 155 cm³/mol. The van der Waals surface area contributed by atoms with Gasteiger partial charge in [-0.2, -0.15) is 0 Å². The van der Waals surface area contributed by atoms with Crippen molar-refractivity contribution in [3.8, 4) is 0 Å². The van der Waals surface area contributed by atoms with Gasteiger partial charge in [0.2, 0.25) is 0 Å². The van der Waals surface area contributed by atoms with E-state index in [1.165, 1.54) is 5.06 Å². The molecule has 202 valence electrons. The van der Waals surface area contributed by atoms with E-state index in [9.17, 15) is 9.59 Å². The highest BCUT2D eigenvalue weighted by Gasteiger charge is 2.25. The van der Waals surface area contributed by atoms with Crippen molar-refractivity contribution < 1.29 is 14.4 Å². The van der Waals surface area contributed by atoms with Crippen LogP contribution in [0.2, 0.25) is 0 Å². The SMILES string of the molecule is CCCN(OCc1ccc(N)cc1)C(=O)C1=Cc2ccc(C(=O)NC(C)(C)c3ccccc3)cc2N=C(N)C1. The van der Waals surface area contributed by atoms with Crippen LogP contribution in [0.15, 0.2) is 83.4 Å². The number of rotatable bonds is 9. The van der Waals surface area contributed by atoms with E-state index in [1.807, 2.05) is 63.2 Å². The Morgan fingerprint density at radius 2 is 1.74 bits per heavy atom. The summed E-state index contributed by atoms with van der Waals surface area (Å²) >= 11 is 0. The molecule has 0 aliphatic carbocycles. The van der Waals surface area contributed by atoms with Gasteiger partial charge < -0.3 is 16.8 Å². The number of nitrogen functional groups attached to an aromatic ring is 1. The summed E-state index contributed by atoms with van der Waals surface area (Å²) < 4.78 is 0. The monoisotopic (exact) mass is 525 g/mol. The van der Waals surface area contributed by atoms with Crippen LogP contribution in [0, 0.1) is 0 Å². The standard InChI is InChI=1S/C31H35N5O3/c1-4-16-36(39-20-21-10-14-26(32)15-11-21)30(38)24-17-22-12-13-23(18-27(22)34-28(33)19-24)29(37)35-31(2,3)25-8-6-5-7-9-25/h5-15,17-18H,4,16,19-20,32H2,1-3H3,(H2,33,34)(H,35,37). The number of carbonyl (C=O) groups excluding carboxylic acids is 2. The lowest BCUT2D eigenvalue weighted by Gasteiger charge is -2.27. The van der Waals surface area contributed by atoms with Crippen LogP contribution < -0.4 is 16.8 Å². The molecule has 3 aromatic rings. The van der Waals surface area contributed by atoms with Crippen LogP contribution in [0.3, 0.4) is 0 Å². The van der Waals surface area contributed by atoms with E-state index in [1.54, 1.807) is 36.4 Å². The van der Waals surface area contributed by atoms with Gasteiger partial charge in [0.25, 0.3) is 11.8 Å². The maximum atomic E-state index is 13.5. The van der Waals surface area contributed by atoms with Gasteiger partial charge in [-0.25, -0.2) is 10.1 Å². The molecule has 1 aliphatic heterocycles. The fraction of sp³-hybridized carbons (Fsp3) is 0.258. The molecule has 8 heteroatoms. The Morgan fingerprint density at radius 3 is 2.44 bits per heavy atom. The van der Waals surface area contributed by atoms with Crippen molar-refractivity contribution in [3.05, 3.63) is 101 Å². The van der Waals surface area contributed by atoms with Gasteiger partial charge >= 0.3 is 0 Å². The minimum absolute atomic E-state index is 0.168. The molecule has 4 rings (SSSR count). The van der Waals surface area contributed by atoms with E-state index in [2.05, 4.69) is 10.3 Å². The minimum Gasteiger partial charge on any atom is -0.399 e. The largest absolute Gasteiger partial charge is 0.399 e. The lowest BCUT2D eigenvalue weighted by Crippen LogP contribution is -2.40. The number of anilines is 1. The summed E-state index contributed by atoms with van der Waals surface area (Å²) in [6.45, 7) is 6.55. The molecule has 3 aromatic carbocycles. The van der Waals surface area contributed by atoms with E-state index in [0.29, 0.717) is 34.6 Å². The second-order valence-electron chi connectivity index (χ2n) is 10.1. The molecule has 0 spiro atoms. The highest BCUT2D eigenvalue weighted by Crippen LogP contribution is 2.29. The fourth-order valence-electron chi connectivity index (χ4n) is 4.31. The number of aliphatic imine (C=N–C) groups is 1. The van der Waals surface area contributed by atoms with Crippen LogP contribution in [0.4, 0.5) is 11.4 Å². The van der Waals surface area contributed by atoms with Gasteiger partial charge in [-0.15, -0.1) is 0 Å². The normalized spacial score (nSPS) is 13.0. The first-order valence-corrected chi connectivity index (χ1v) is 13.0. The number of nitrogens with two attached hydrogens (primary N) is 2. The van der Waals surface area contributed by atoms with E-state index in [0.717, 1.165) is 17.5 Å². The van der Waals surface area contributed by atoms with Crippen LogP contribution in [-0.4, -0.2) is 29.3 Å². The van der Waals surface area contributed by atoms with Crippen molar-refractivity contribution in [1.82, 2.24) is 10.4 Å². The first-order chi connectivity index (χ1) is 18.7. The average Bonchev–Trinajstić information content (AvgIpc) is 3.09. The van der Waals surface area contributed by atoms with Gasteiger partial charge in [0, 0.05) is 35.4 Å². The van der Waals surface area contributed by atoms with Crippen LogP contribution in [-0.2, 0) is 21.8 Å². The van der Waals surface area contributed by atoms with Crippen LogP contribution in [0.5, 0.6) is 0 Å². The second-order valence-corrected chi connectivity index (χ2v) is 10.1. The van der Waals surface area contributed by atoms with E-state index < -0.39 is 5.54 Å². The number of hydroxylamine groups is 2. The van der Waals surface area contributed by atoms with Gasteiger partial charge in [-0.1, -0.05) is 55.5 Å². The lowest BCUT2D eigenvalue weighted by atomic mass is 9.94. The molecular formula is C31H35N5O3. The highest BCUT2D eigenvalue weighted by atomic mass is 16.7. The molecule has 1 heterocycles. The predicted octanol–water partition coefficient (Wildman–Crippen LogP) is 5.08. The van der Waals surface area contributed by atoms with Crippen molar-refractivity contribution >= 4 is 35.1 Å². The molecule has 5 N–H and O–H groups in total. The van der Waals surface area contributed by atoms with Gasteiger partial charge in [0.05, 0.1) is 11.2 Å². The second kappa shape index (κ2) is 12.0. The number of carbonyl (C=O) groups is 2. The number of benzene rings is 3. The third-order valence-corrected chi connectivity index (χ3v) is 6.47. The molecule has 2 amide bonds. The van der Waals surface area contributed by atoms with Crippen molar-refractivity contribution in [2.75, 3.05) is 12.3 Å². The van der Waals surface area contributed by atoms with Gasteiger partial charge in [-0.05, 0) is 61.7 Å². The van der Waals surface area contributed by atoms with Crippen LogP contribution in [0.1, 0.15) is 60.7 Å². The molecule has 39 heavy (non-hydrogen) atoms. The van der Waals surface area contributed by atoms with Crippen LogP contribution in [0.25, 0.3) is 6.08 Å². The Kier molecular flexibility index (Phi) is 8.46. The molecule has 0 bridgehead atoms. The summed E-state index contributed by atoms with van der Waals surface area (Å²) in [6, 6.07) is 22.3. The topological polar surface area (TPSA) is 123 Å². The van der Waals surface area contributed by atoms with E-state index >= 15 is 0 Å². The summed E-state index contributed by atoms with van der Waals surface area (Å²) in [7, 11) is 0. The molecule has 0 saturated carbocycles. The van der Waals surface area contributed by atoms with E-state index in [-0.39, 0.29) is 30.7 Å². The maximum absolute atomic E-state index is 13.5. The quantitative estimate of drug-likeness (QED) is 0.266. The number of amidine groups is 1. The molecule has 0 saturated heterocycles. The highest BCUT2D eigenvalue weighted by molar-refractivity contribution is 6.05.